The zero-order chi connectivity index (χ0) is 20.2. The van der Waals surface area contributed by atoms with Gasteiger partial charge in [-0.05, 0) is 36.4 Å². The normalized spacial score (nSPS) is 13.7. The molecule has 0 aliphatic carbocycles. The predicted octanol–water partition coefficient (Wildman–Crippen LogP) is 3.81. The summed E-state index contributed by atoms with van der Waals surface area (Å²) in [6.45, 7) is 0.224. The zero-order valence-corrected chi connectivity index (χ0v) is 15.7. The summed E-state index contributed by atoms with van der Waals surface area (Å²) in [4.78, 5) is 19.1. The van der Waals surface area contributed by atoms with Crippen molar-refractivity contribution in [3.05, 3.63) is 84.1 Å². The van der Waals surface area contributed by atoms with Gasteiger partial charge >= 0.3 is 6.03 Å². The van der Waals surface area contributed by atoms with Gasteiger partial charge < -0.3 is 4.74 Å². The van der Waals surface area contributed by atoms with Crippen LogP contribution in [0.2, 0.25) is 0 Å². The highest BCUT2D eigenvalue weighted by atomic mass is 16.5. The third kappa shape index (κ3) is 3.39. The second-order valence-electron chi connectivity index (χ2n) is 6.24. The fourth-order valence-corrected chi connectivity index (χ4v) is 3.15. The monoisotopic (exact) mass is 383 g/mol. The SMILES string of the molecule is COc1ccccc1C1=NN(c2ccccc2C#N)C(=O)N(c2ccccn2)C1. The van der Waals surface area contributed by atoms with E-state index < -0.39 is 0 Å². The van der Waals surface area contributed by atoms with E-state index in [4.69, 9.17) is 4.74 Å². The lowest BCUT2D eigenvalue weighted by Gasteiger charge is -2.33. The first-order chi connectivity index (χ1) is 14.2. The van der Waals surface area contributed by atoms with Crippen LogP contribution in [0.1, 0.15) is 11.1 Å². The molecule has 1 aromatic heterocycles. The average Bonchev–Trinajstić information content (AvgIpc) is 2.80. The van der Waals surface area contributed by atoms with Crippen molar-refractivity contribution in [3.8, 4) is 11.8 Å². The van der Waals surface area contributed by atoms with Crippen LogP contribution in [0.4, 0.5) is 16.3 Å². The molecule has 0 saturated heterocycles. The molecule has 0 radical (unpaired) electrons. The number of hydrogen-bond acceptors (Lipinski definition) is 5. The lowest BCUT2D eigenvalue weighted by Crippen LogP contribution is -2.49. The third-order valence-electron chi connectivity index (χ3n) is 4.54. The number of carbonyl (C=O) groups is 1. The number of pyridine rings is 1. The second-order valence-corrected chi connectivity index (χ2v) is 6.24. The first-order valence-corrected chi connectivity index (χ1v) is 8.95. The lowest BCUT2D eigenvalue weighted by molar-refractivity contribution is 0.251. The number of nitrogens with zero attached hydrogens (tertiary/aromatic N) is 5. The highest BCUT2D eigenvalue weighted by molar-refractivity contribution is 6.16. The van der Waals surface area contributed by atoms with Gasteiger partial charge in [0, 0.05) is 11.8 Å². The van der Waals surface area contributed by atoms with Gasteiger partial charge in [-0.2, -0.15) is 15.4 Å². The molecule has 4 rings (SSSR count). The summed E-state index contributed by atoms with van der Waals surface area (Å²) in [6, 6.07) is 21.5. The molecule has 0 spiro atoms. The van der Waals surface area contributed by atoms with Crippen LogP contribution in [0.3, 0.4) is 0 Å². The number of amides is 2. The van der Waals surface area contributed by atoms with Gasteiger partial charge in [0.2, 0.25) is 0 Å². The molecular formula is C22H17N5O2. The van der Waals surface area contributed by atoms with E-state index in [1.54, 1.807) is 49.7 Å². The maximum absolute atomic E-state index is 13.3. The maximum atomic E-state index is 13.3. The largest absolute Gasteiger partial charge is 0.496 e. The van der Waals surface area contributed by atoms with Crippen molar-refractivity contribution >= 4 is 23.2 Å². The summed E-state index contributed by atoms with van der Waals surface area (Å²) >= 11 is 0. The number of aromatic nitrogens is 1. The van der Waals surface area contributed by atoms with Crippen molar-refractivity contribution < 1.29 is 9.53 Å². The Bertz CT molecular complexity index is 1120. The van der Waals surface area contributed by atoms with Gasteiger partial charge in [0.25, 0.3) is 0 Å². The Morgan fingerprint density at radius 2 is 1.79 bits per heavy atom. The van der Waals surface area contributed by atoms with Gasteiger partial charge in [0.15, 0.2) is 0 Å². The molecule has 2 aromatic carbocycles. The zero-order valence-electron chi connectivity index (χ0n) is 15.7. The van der Waals surface area contributed by atoms with Crippen LogP contribution in [-0.2, 0) is 0 Å². The van der Waals surface area contributed by atoms with Crippen LogP contribution >= 0.6 is 0 Å². The average molecular weight is 383 g/mol. The highest BCUT2D eigenvalue weighted by Crippen LogP contribution is 2.29. The summed E-state index contributed by atoms with van der Waals surface area (Å²) in [5, 5.41) is 15.3. The number of rotatable bonds is 4. The molecule has 1 aliphatic rings. The van der Waals surface area contributed by atoms with Crippen molar-refractivity contribution in [1.29, 1.82) is 5.26 Å². The Morgan fingerprint density at radius 3 is 2.55 bits per heavy atom. The van der Waals surface area contributed by atoms with Crippen molar-refractivity contribution in [2.45, 2.75) is 0 Å². The molecule has 0 N–H and O–H groups in total. The molecule has 0 fully saturated rings. The molecule has 3 aromatic rings. The Labute approximate surface area is 168 Å². The van der Waals surface area contributed by atoms with Crippen LogP contribution in [0.25, 0.3) is 0 Å². The molecule has 0 atom stereocenters. The number of carbonyl (C=O) groups excluding carboxylic acids is 1. The molecule has 0 bridgehead atoms. The van der Waals surface area contributed by atoms with Gasteiger partial charge in [-0.15, -0.1) is 0 Å². The topological polar surface area (TPSA) is 81.8 Å². The Balaban J connectivity index is 1.88. The number of ether oxygens (including phenoxy) is 1. The number of hydrazone groups is 1. The molecule has 2 amide bonds. The van der Waals surface area contributed by atoms with Crippen molar-refractivity contribution in [2.24, 2.45) is 5.10 Å². The minimum atomic E-state index is -0.384. The Morgan fingerprint density at radius 1 is 1.03 bits per heavy atom. The smallest absolute Gasteiger partial charge is 0.351 e. The van der Waals surface area contributed by atoms with E-state index >= 15 is 0 Å². The molecule has 1 aliphatic heterocycles. The molecular weight excluding hydrogens is 366 g/mol. The quantitative estimate of drug-likeness (QED) is 0.686. The maximum Gasteiger partial charge on any atom is 0.351 e. The fraction of sp³-hybridized carbons (Fsp3) is 0.0909. The van der Waals surface area contributed by atoms with Crippen molar-refractivity contribution in [2.75, 3.05) is 23.6 Å². The van der Waals surface area contributed by atoms with Crippen molar-refractivity contribution in [3.63, 3.8) is 0 Å². The summed E-state index contributed by atoms with van der Waals surface area (Å²) in [7, 11) is 1.59. The minimum absolute atomic E-state index is 0.224. The van der Waals surface area contributed by atoms with Gasteiger partial charge in [0.1, 0.15) is 17.6 Å². The van der Waals surface area contributed by atoms with Gasteiger partial charge in [-0.25, -0.2) is 9.78 Å². The number of urea groups is 1. The van der Waals surface area contributed by atoms with Gasteiger partial charge in [-0.1, -0.05) is 30.3 Å². The standard InChI is InChI=1S/C22H17N5O2/c1-29-20-11-5-3-9-17(20)18-15-26(21-12-6-7-13-24-21)22(28)27(25-18)19-10-4-2-8-16(19)14-23/h2-13H,15H2,1H3. The Kier molecular flexibility index (Phi) is 4.91. The van der Waals surface area contributed by atoms with Crippen molar-refractivity contribution in [1.82, 2.24) is 4.98 Å². The lowest BCUT2D eigenvalue weighted by atomic mass is 10.1. The van der Waals surface area contributed by atoms with Crippen LogP contribution in [0.15, 0.2) is 78.0 Å². The van der Waals surface area contributed by atoms with E-state index in [2.05, 4.69) is 16.2 Å². The molecule has 0 saturated carbocycles. The number of nitriles is 1. The van der Waals surface area contributed by atoms with E-state index in [-0.39, 0.29) is 12.6 Å². The number of anilines is 2. The second kappa shape index (κ2) is 7.82. The molecule has 29 heavy (non-hydrogen) atoms. The first-order valence-electron chi connectivity index (χ1n) is 8.95. The summed E-state index contributed by atoms with van der Waals surface area (Å²) in [5.41, 5.74) is 2.16. The van der Waals surface area contributed by atoms with E-state index in [1.165, 1.54) is 9.91 Å². The van der Waals surface area contributed by atoms with E-state index in [0.717, 1.165) is 5.56 Å². The third-order valence-corrected chi connectivity index (χ3v) is 4.54. The highest BCUT2D eigenvalue weighted by Gasteiger charge is 2.33. The Hall–Kier alpha value is -4.18. The summed E-state index contributed by atoms with van der Waals surface area (Å²) in [5.74, 6) is 1.15. The van der Waals surface area contributed by atoms with Crippen LogP contribution in [0, 0.1) is 11.3 Å². The fourth-order valence-electron chi connectivity index (χ4n) is 3.15. The summed E-state index contributed by atoms with van der Waals surface area (Å²) in [6.07, 6.45) is 1.63. The first kappa shape index (κ1) is 18.2. The molecule has 2 heterocycles. The van der Waals surface area contributed by atoms with E-state index in [0.29, 0.717) is 28.5 Å². The number of methoxy groups -OCH3 is 1. The molecule has 142 valence electrons. The van der Waals surface area contributed by atoms with Crippen LogP contribution in [0.5, 0.6) is 5.75 Å². The molecule has 7 heteroatoms. The number of benzene rings is 2. The molecule has 0 unspecified atom stereocenters. The van der Waals surface area contributed by atoms with Crippen LogP contribution in [-0.4, -0.2) is 30.4 Å². The minimum Gasteiger partial charge on any atom is -0.496 e. The van der Waals surface area contributed by atoms with E-state index in [1.807, 2.05) is 30.3 Å². The number of hydrogen-bond donors (Lipinski definition) is 0. The molecule has 7 nitrogen and oxygen atoms in total. The predicted molar refractivity (Wildman–Crippen MR) is 110 cm³/mol. The van der Waals surface area contributed by atoms with Crippen LogP contribution < -0.4 is 14.6 Å². The van der Waals surface area contributed by atoms with Gasteiger partial charge in [0.05, 0.1) is 30.6 Å². The summed E-state index contributed by atoms with van der Waals surface area (Å²) < 4.78 is 5.48. The van der Waals surface area contributed by atoms with E-state index in [9.17, 15) is 10.1 Å². The number of para-hydroxylation sites is 2. The van der Waals surface area contributed by atoms with Gasteiger partial charge in [-0.3, -0.25) is 4.90 Å².